The summed E-state index contributed by atoms with van der Waals surface area (Å²) in [5.41, 5.74) is 0.458. The van der Waals surface area contributed by atoms with Gasteiger partial charge in [0.05, 0.1) is 10.5 Å². The Hall–Kier alpha value is -1.40. The average molecular weight is 245 g/mol. The molecule has 0 saturated heterocycles. The predicted molar refractivity (Wildman–Crippen MR) is 56.5 cm³/mol. The van der Waals surface area contributed by atoms with Crippen LogP contribution in [-0.2, 0) is 11.3 Å². The number of nitrogens with zero attached hydrogens (tertiary/aromatic N) is 2. The third kappa shape index (κ3) is 1.86. The Morgan fingerprint density at radius 1 is 1.67 bits per heavy atom. The maximum atomic E-state index is 11.4. The minimum absolute atomic E-state index is 0.345. The Bertz CT molecular complexity index is 589. The van der Waals surface area contributed by atoms with Gasteiger partial charge in [-0.3, -0.25) is 14.2 Å². The summed E-state index contributed by atoms with van der Waals surface area (Å²) in [5, 5.41) is 9.00. The number of fused-ring (bicyclic) bond motifs is 1. The minimum atomic E-state index is -1.07. The molecular formula is C8H5ClN2O3S. The van der Waals surface area contributed by atoms with Gasteiger partial charge in [0.25, 0.3) is 0 Å². The largest absolute Gasteiger partial charge is 0.480 e. The zero-order valence-corrected chi connectivity index (χ0v) is 8.88. The van der Waals surface area contributed by atoms with Crippen molar-refractivity contribution in [3.8, 4) is 0 Å². The van der Waals surface area contributed by atoms with E-state index in [-0.39, 0.29) is 11.4 Å². The van der Waals surface area contributed by atoms with Gasteiger partial charge in [-0.2, -0.15) is 0 Å². The van der Waals surface area contributed by atoms with Crippen molar-refractivity contribution in [2.75, 3.05) is 0 Å². The van der Waals surface area contributed by atoms with Gasteiger partial charge in [-0.05, 0) is 6.07 Å². The number of hydrogen-bond acceptors (Lipinski definition) is 4. The van der Waals surface area contributed by atoms with Crippen LogP contribution in [0.5, 0.6) is 0 Å². The van der Waals surface area contributed by atoms with Gasteiger partial charge in [0, 0.05) is 6.20 Å². The number of aromatic nitrogens is 2. The zero-order valence-electron chi connectivity index (χ0n) is 7.31. The second-order valence-corrected chi connectivity index (χ2v) is 4.20. The number of aliphatic carboxylic acids is 1. The lowest BCUT2D eigenvalue weighted by Crippen LogP contribution is -2.18. The smallest absolute Gasteiger partial charge is 0.323 e. The molecule has 0 atom stereocenters. The summed E-state index contributed by atoms with van der Waals surface area (Å²) in [6, 6.07) is 1.53. The average Bonchev–Trinajstić information content (AvgIpc) is 2.43. The van der Waals surface area contributed by atoms with Crippen LogP contribution in [0.2, 0.25) is 5.02 Å². The highest BCUT2D eigenvalue weighted by atomic mass is 35.5. The molecule has 2 aromatic rings. The van der Waals surface area contributed by atoms with Crippen LogP contribution in [0, 0.1) is 0 Å². The lowest BCUT2D eigenvalue weighted by Gasteiger charge is -1.98. The van der Waals surface area contributed by atoms with Gasteiger partial charge in [0.2, 0.25) is 0 Å². The second-order valence-electron chi connectivity index (χ2n) is 2.83. The molecule has 0 aliphatic carbocycles. The molecule has 0 unspecified atom stereocenters. The van der Waals surface area contributed by atoms with Gasteiger partial charge in [0.15, 0.2) is 0 Å². The molecule has 7 heteroatoms. The highest BCUT2D eigenvalue weighted by Crippen LogP contribution is 2.18. The summed E-state index contributed by atoms with van der Waals surface area (Å²) in [6.07, 6.45) is 1.42. The van der Waals surface area contributed by atoms with Crippen LogP contribution in [0.1, 0.15) is 0 Å². The van der Waals surface area contributed by atoms with Crippen LogP contribution in [0.25, 0.3) is 10.3 Å². The molecule has 0 spiro atoms. The van der Waals surface area contributed by atoms with Crippen molar-refractivity contribution >= 4 is 39.3 Å². The zero-order chi connectivity index (χ0) is 11.0. The molecule has 0 bridgehead atoms. The first-order chi connectivity index (χ1) is 7.08. The number of pyridine rings is 1. The molecular weight excluding hydrogens is 240 g/mol. The molecule has 0 aliphatic heterocycles. The first-order valence-corrected chi connectivity index (χ1v) is 5.14. The molecule has 5 nitrogen and oxygen atoms in total. The summed E-state index contributed by atoms with van der Waals surface area (Å²) in [4.78, 5) is 26.0. The standard InChI is InChI=1S/C8H5ClN2O3S/c9-4-1-5-7(10-2-4)15-8(14)11(5)3-6(12)13/h1-2H,3H2,(H,12,13). The Morgan fingerprint density at radius 2 is 2.40 bits per heavy atom. The van der Waals surface area contributed by atoms with Crippen molar-refractivity contribution in [3.05, 3.63) is 27.0 Å². The number of carbonyl (C=O) groups is 1. The number of halogens is 1. The van der Waals surface area contributed by atoms with Gasteiger partial charge >= 0.3 is 10.8 Å². The fourth-order valence-electron chi connectivity index (χ4n) is 1.21. The first-order valence-electron chi connectivity index (χ1n) is 3.94. The Balaban J connectivity index is 2.70. The normalized spacial score (nSPS) is 10.7. The summed E-state index contributed by atoms with van der Waals surface area (Å²) in [6.45, 7) is -0.374. The van der Waals surface area contributed by atoms with Crippen molar-refractivity contribution in [1.82, 2.24) is 9.55 Å². The first kappa shape index (κ1) is 10.1. The Kier molecular flexibility index (Phi) is 2.45. The fraction of sp³-hybridized carbons (Fsp3) is 0.125. The highest BCUT2D eigenvalue weighted by molar-refractivity contribution is 7.16. The van der Waals surface area contributed by atoms with E-state index < -0.39 is 5.97 Å². The van der Waals surface area contributed by atoms with Gasteiger partial charge in [-0.1, -0.05) is 22.9 Å². The molecule has 78 valence electrons. The van der Waals surface area contributed by atoms with Gasteiger partial charge in [0.1, 0.15) is 11.4 Å². The van der Waals surface area contributed by atoms with E-state index in [9.17, 15) is 9.59 Å². The summed E-state index contributed by atoms with van der Waals surface area (Å²) in [7, 11) is 0. The molecule has 2 aromatic heterocycles. The van der Waals surface area contributed by atoms with Crippen molar-refractivity contribution < 1.29 is 9.90 Å². The van der Waals surface area contributed by atoms with Crippen molar-refractivity contribution in [1.29, 1.82) is 0 Å². The lowest BCUT2D eigenvalue weighted by atomic mass is 10.4. The summed E-state index contributed by atoms with van der Waals surface area (Å²) < 4.78 is 1.14. The SMILES string of the molecule is O=C(O)Cn1c(=O)sc2ncc(Cl)cc21. The van der Waals surface area contributed by atoms with Crippen molar-refractivity contribution in [2.24, 2.45) is 0 Å². The number of carboxylic acid groups (broad SMARTS) is 1. The van der Waals surface area contributed by atoms with Gasteiger partial charge in [-0.25, -0.2) is 4.98 Å². The van der Waals surface area contributed by atoms with Crippen LogP contribution >= 0.6 is 22.9 Å². The van der Waals surface area contributed by atoms with Gasteiger partial charge < -0.3 is 5.11 Å². The van der Waals surface area contributed by atoms with Crippen molar-refractivity contribution in [2.45, 2.75) is 6.54 Å². The third-order valence-corrected chi connectivity index (χ3v) is 2.90. The Labute approximate surface area is 92.6 Å². The lowest BCUT2D eigenvalue weighted by molar-refractivity contribution is -0.137. The quantitative estimate of drug-likeness (QED) is 0.862. The molecule has 0 aliphatic rings. The highest BCUT2D eigenvalue weighted by Gasteiger charge is 2.11. The molecule has 0 aromatic carbocycles. The van der Waals surface area contributed by atoms with Crippen LogP contribution in [-0.4, -0.2) is 20.6 Å². The number of hydrogen-bond donors (Lipinski definition) is 1. The molecule has 0 amide bonds. The van der Waals surface area contributed by atoms with E-state index in [0.29, 0.717) is 15.4 Å². The molecule has 15 heavy (non-hydrogen) atoms. The maximum Gasteiger partial charge on any atom is 0.323 e. The number of rotatable bonds is 2. The molecule has 0 fully saturated rings. The third-order valence-electron chi connectivity index (χ3n) is 1.79. The second kappa shape index (κ2) is 3.63. The van der Waals surface area contributed by atoms with Crippen LogP contribution in [0.15, 0.2) is 17.1 Å². The predicted octanol–water partition coefficient (Wildman–Crippen LogP) is 1.20. The maximum absolute atomic E-state index is 11.4. The topological polar surface area (TPSA) is 72.2 Å². The van der Waals surface area contributed by atoms with Crippen LogP contribution in [0.3, 0.4) is 0 Å². The van der Waals surface area contributed by atoms with Crippen molar-refractivity contribution in [3.63, 3.8) is 0 Å². The van der Waals surface area contributed by atoms with E-state index in [1.54, 1.807) is 0 Å². The van der Waals surface area contributed by atoms with Crippen LogP contribution < -0.4 is 4.87 Å². The fourth-order valence-corrected chi connectivity index (χ4v) is 2.18. The molecule has 2 heterocycles. The van der Waals surface area contributed by atoms with E-state index >= 15 is 0 Å². The minimum Gasteiger partial charge on any atom is -0.480 e. The molecule has 0 saturated carbocycles. The summed E-state index contributed by atoms with van der Waals surface area (Å²) >= 11 is 6.62. The van der Waals surface area contributed by atoms with E-state index in [0.717, 1.165) is 15.9 Å². The summed E-state index contributed by atoms with van der Waals surface area (Å²) in [5.74, 6) is -1.07. The monoisotopic (exact) mass is 244 g/mol. The van der Waals surface area contributed by atoms with E-state index in [1.165, 1.54) is 12.3 Å². The van der Waals surface area contributed by atoms with E-state index in [2.05, 4.69) is 4.98 Å². The molecule has 0 radical (unpaired) electrons. The van der Waals surface area contributed by atoms with E-state index in [4.69, 9.17) is 16.7 Å². The number of thiazole rings is 1. The van der Waals surface area contributed by atoms with Gasteiger partial charge in [-0.15, -0.1) is 0 Å². The van der Waals surface area contributed by atoms with Crippen LogP contribution in [0.4, 0.5) is 0 Å². The Morgan fingerprint density at radius 3 is 3.07 bits per heavy atom. The molecule has 1 N–H and O–H groups in total. The van der Waals surface area contributed by atoms with E-state index in [1.807, 2.05) is 0 Å². The molecule has 2 rings (SSSR count). The number of carboxylic acids is 1.